The molecule has 1 aliphatic carbocycles. The van der Waals surface area contributed by atoms with Crippen LogP contribution in [-0.4, -0.2) is 38.1 Å². The highest BCUT2D eigenvalue weighted by Gasteiger charge is 2.36. The average molecular weight is 521 g/mol. The van der Waals surface area contributed by atoms with Gasteiger partial charge in [-0.15, -0.1) is 13.2 Å². The van der Waals surface area contributed by atoms with Gasteiger partial charge in [0, 0.05) is 12.1 Å². The van der Waals surface area contributed by atoms with Gasteiger partial charge in [-0.2, -0.15) is 0 Å². The maximum atomic E-state index is 12.9. The number of aliphatic hydroxyl groups excluding tert-OH is 1. The van der Waals surface area contributed by atoms with E-state index in [0.29, 0.717) is 19.3 Å². The summed E-state index contributed by atoms with van der Waals surface area (Å²) in [6.45, 7) is 0. The molecular formula is C26H27F3N2O4S. The summed E-state index contributed by atoms with van der Waals surface area (Å²) in [4.78, 5) is -0.217. The maximum Gasteiger partial charge on any atom is 0.573 e. The van der Waals surface area contributed by atoms with E-state index in [-0.39, 0.29) is 17.0 Å². The van der Waals surface area contributed by atoms with Crippen molar-refractivity contribution in [2.75, 3.05) is 0 Å². The van der Waals surface area contributed by atoms with Gasteiger partial charge in [-0.3, -0.25) is 0 Å². The van der Waals surface area contributed by atoms with Gasteiger partial charge in [0.05, 0.1) is 17.0 Å². The lowest BCUT2D eigenvalue weighted by Crippen LogP contribution is -2.56. The van der Waals surface area contributed by atoms with Gasteiger partial charge < -0.3 is 15.2 Å². The van der Waals surface area contributed by atoms with Gasteiger partial charge in [-0.1, -0.05) is 67.1 Å². The second kappa shape index (κ2) is 11.0. The molecule has 3 atom stereocenters. The molecule has 0 heterocycles. The van der Waals surface area contributed by atoms with Gasteiger partial charge in [0.15, 0.2) is 0 Å². The third-order valence-corrected chi connectivity index (χ3v) is 7.68. The lowest BCUT2D eigenvalue weighted by Gasteiger charge is -2.38. The van der Waals surface area contributed by atoms with Crippen molar-refractivity contribution in [1.82, 2.24) is 10.0 Å². The molecule has 6 nitrogen and oxygen atoms in total. The van der Waals surface area contributed by atoms with Crippen LogP contribution in [-0.2, 0) is 10.0 Å². The lowest BCUT2D eigenvalue weighted by atomic mass is 9.87. The van der Waals surface area contributed by atoms with Crippen LogP contribution in [0, 0.1) is 0 Å². The third kappa shape index (κ3) is 6.64. The van der Waals surface area contributed by atoms with Gasteiger partial charge in [0.1, 0.15) is 5.75 Å². The normalized spacial score (nSPS) is 20.9. The van der Waals surface area contributed by atoms with E-state index < -0.39 is 34.3 Å². The zero-order valence-corrected chi connectivity index (χ0v) is 20.0. The smallest absolute Gasteiger partial charge is 0.406 e. The van der Waals surface area contributed by atoms with Gasteiger partial charge in [-0.25, -0.2) is 13.1 Å². The molecule has 0 aliphatic heterocycles. The van der Waals surface area contributed by atoms with E-state index in [0.717, 1.165) is 35.4 Å². The van der Waals surface area contributed by atoms with Crippen LogP contribution in [0.5, 0.6) is 5.75 Å². The number of hydrogen-bond acceptors (Lipinski definition) is 5. The monoisotopic (exact) mass is 520 g/mol. The topological polar surface area (TPSA) is 87.7 Å². The van der Waals surface area contributed by atoms with Crippen LogP contribution >= 0.6 is 0 Å². The number of sulfonamides is 1. The molecule has 1 aliphatic rings. The Bertz CT molecular complexity index is 1180. The van der Waals surface area contributed by atoms with Crippen LogP contribution in [0.25, 0.3) is 0 Å². The third-order valence-electron chi connectivity index (χ3n) is 6.18. The summed E-state index contributed by atoms with van der Waals surface area (Å²) in [5, 5.41) is 14.6. The summed E-state index contributed by atoms with van der Waals surface area (Å²) in [5.41, 5.74) is 2.03. The minimum Gasteiger partial charge on any atom is -0.406 e. The number of alkyl halides is 3. The molecule has 1 saturated carbocycles. The fourth-order valence-corrected chi connectivity index (χ4v) is 5.75. The molecule has 3 N–H and O–H groups in total. The van der Waals surface area contributed by atoms with E-state index in [2.05, 4.69) is 14.8 Å². The fourth-order valence-electron chi connectivity index (χ4n) is 4.47. The first-order valence-corrected chi connectivity index (χ1v) is 13.0. The summed E-state index contributed by atoms with van der Waals surface area (Å²) in [6.07, 6.45) is -4.13. The largest absolute Gasteiger partial charge is 0.573 e. The molecule has 1 fully saturated rings. The molecular weight excluding hydrogens is 493 g/mol. The molecule has 0 amide bonds. The molecule has 0 unspecified atom stereocenters. The SMILES string of the molecule is O=S(=O)(N[C@H]1CCC[C@@H](NC(c2ccccc2)c2ccccc2)[C@@H]1O)c1ccc(OC(F)(F)F)cc1. The summed E-state index contributed by atoms with van der Waals surface area (Å²) >= 11 is 0. The lowest BCUT2D eigenvalue weighted by molar-refractivity contribution is -0.274. The molecule has 0 aromatic heterocycles. The Kier molecular flexibility index (Phi) is 7.99. The van der Waals surface area contributed by atoms with E-state index in [1.807, 2.05) is 60.7 Å². The Hall–Kier alpha value is -2.92. The molecule has 3 aromatic carbocycles. The number of aliphatic hydroxyl groups is 1. The predicted molar refractivity (Wildman–Crippen MR) is 129 cm³/mol. The molecule has 0 spiro atoms. The fraction of sp³-hybridized carbons (Fsp3) is 0.308. The van der Waals surface area contributed by atoms with Crippen molar-refractivity contribution in [1.29, 1.82) is 0 Å². The molecule has 0 radical (unpaired) electrons. The number of ether oxygens (including phenoxy) is 1. The van der Waals surface area contributed by atoms with Gasteiger partial charge in [-0.05, 0) is 48.2 Å². The Morgan fingerprint density at radius 2 is 1.36 bits per heavy atom. The van der Waals surface area contributed by atoms with Crippen LogP contribution in [0.4, 0.5) is 13.2 Å². The highest BCUT2D eigenvalue weighted by molar-refractivity contribution is 7.89. The highest BCUT2D eigenvalue weighted by Crippen LogP contribution is 2.28. The van der Waals surface area contributed by atoms with Crippen molar-refractivity contribution >= 4 is 10.0 Å². The van der Waals surface area contributed by atoms with Crippen molar-refractivity contribution < 1.29 is 31.4 Å². The second-order valence-electron chi connectivity index (χ2n) is 8.70. The van der Waals surface area contributed by atoms with Crippen LogP contribution in [0.3, 0.4) is 0 Å². The summed E-state index contributed by atoms with van der Waals surface area (Å²) < 4.78 is 69.3. The molecule has 192 valence electrons. The Morgan fingerprint density at radius 3 is 1.89 bits per heavy atom. The molecule has 0 bridgehead atoms. The van der Waals surface area contributed by atoms with Crippen LogP contribution in [0.1, 0.15) is 36.4 Å². The van der Waals surface area contributed by atoms with Crippen molar-refractivity contribution in [2.45, 2.75) is 54.7 Å². The first kappa shape index (κ1) is 26.2. The van der Waals surface area contributed by atoms with Crippen molar-refractivity contribution in [3.8, 4) is 5.75 Å². The van der Waals surface area contributed by atoms with E-state index in [9.17, 15) is 26.7 Å². The summed E-state index contributed by atoms with van der Waals surface area (Å²) in [5.74, 6) is -0.517. The van der Waals surface area contributed by atoms with Crippen molar-refractivity contribution in [3.63, 3.8) is 0 Å². The minimum atomic E-state index is -4.87. The van der Waals surface area contributed by atoms with E-state index in [1.165, 1.54) is 0 Å². The van der Waals surface area contributed by atoms with Gasteiger partial charge in [0.25, 0.3) is 0 Å². The predicted octanol–water partition coefficient (Wildman–Crippen LogP) is 4.52. The maximum absolute atomic E-state index is 12.9. The number of benzene rings is 3. The highest BCUT2D eigenvalue weighted by atomic mass is 32.2. The number of rotatable bonds is 8. The Morgan fingerprint density at radius 1 is 0.833 bits per heavy atom. The first-order valence-electron chi connectivity index (χ1n) is 11.5. The summed E-state index contributed by atoms with van der Waals surface area (Å²) in [7, 11) is -4.08. The molecule has 4 rings (SSSR count). The second-order valence-corrected chi connectivity index (χ2v) is 10.4. The van der Waals surface area contributed by atoms with E-state index in [4.69, 9.17) is 0 Å². The Balaban J connectivity index is 1.48. The van der Waals surface area contributed by atoms with Crippen LogP contribution in [0.15, 0.2) is 89.8 Å². The van der Waals surface area contributed by atoms with Crippen molar-refractivity contribution in [3.05, 3.63) is 96.1 Å². The number of nitrogens with one attached hydrogen (secondary N) is 2. The van der Waals surface area contributed by atoms with Crippen LogP contribution < -0.4 is 14.8 Å². The number of hydrogen-bond donors (Lipinski definition) is 3. The van der Waals surface area contributed by atoms with Crippen molar-refractivity contribution in [2.24, 2.45) is 0 Å². The molecule has 3 aromatic rings. The average Bonchev–Trinajstić information content (AvgIpc) is 2.85. The van der Waals surface area contributed by atoms with Gasteiger partial charge >= 0.3 is 6.36 Å². The molecule has 36 heavy (non-hydrogen) atoms. The quantitative estimate of drug-likeness (QED) is 0.407. The molecule has 0 saturated heterocycles. The minimum absolute atomic E-state index is 0.205. The van der Waals surface area contributed by atoms with Crippen LogP contribution in [0.2, 0.25) is 0 Å². The first-order chi connectivity index (χ1) is 17.1. The van der Waals surface area contributed by atoms with E-state index >= 15 is 0 Å². The van der Waals surface area contributed by atoms with Gasteiger partial charge in [0.2, 0.25) is 10.0 Å². The number of halogens is 3. The summed E-state index contributed by atoms with van der Waals surface area (Å²) in [6, 6.07) is 22.2. The molecule has 10 heteroatoms. The Labute approximate surface area is 208 Å². The standard InChI is InChI=1S/C26H27F3N2O4S/c27-26(28,29)35-20-14-16-21(17-15-20)36(33,34)31-23-13-7-12-22(25(23)32)30-24(18-8-3-1-4-9-18)19-10-5-2-6-11-19/h1-6,8-11,14-17,22-25,30-32H,7,12-13H2/t22-,23+,25+/m1/s1. The zero-order valence-electron chi connectivity index (χ0n) is 19.2. The van der Waals surface area contributed by atoms with E-state index in [1.54, 1.807) is 0 Å². The zero-order chi connectivity index (χ0) is 25.8.